The predicted molar refractivity (Wildman–Crippen MR) is 101 cm³/mol. The number of hydrogen-bond donors (Lipinski definition) is 2. The average Bonchev–Trinajstić information content (AvgIpc) is 3.10. The summed E-state index contributed by atoms with van der Waals surface area (Å²) in [7, 11) is 0. The number of benzene rings is 2. The van der Waals surface area contributed by atoms with E-state index >= 15 is 0 Å². The fraction of sp³-hybridized carbons (Fsp3) is 0. The summed E-state index contributed by atoms with van der Waals surface area (Å²) in [5.41, 5.74) is 3.46. The monoisotopic (exact) mass is 365 g/mol. The van der Waals surface area contributed by atoms with Crippen molar-refractivity contribution >= 4 is 39.8 Å². The molecule has 4 rings (SSSR count). The first-order chi connectivity index (χ1) is 12.6. The first-order valence-electron chi connectivity index (χ1n) is 7.73. The number of nitrogens with zero attached hydrogens (tertiary/aromatic N) is 3. The molecule has 7 nitrogen and oxygen atoms in total. The molecule has 2 aromatic carbocycles. The van der Waals surface area contributed by atoms with E-state index < -0.39 is 4.92 Å². The first kappa shape index (κ1) is 16.0. The summed E-state index contributed by atoms with van der Waals surface area (Å²) in [6.07, 6.45) is 1.54. The van der Waals surface area contributed by atoms with Gasteiger partial charge in [0.2, 0.25) is 0 Å². The van der Waals surface area contributed by atoms with E-state index in [9.17, 15) is 10.1 Å². The van der Waals surface area contributed by atoms with Crippen LogP contribution in [0.4, 0.5) is 17.1 Å². The van der Waals surface area contributed by atoms with Gasteiger partial charge < -0.3 is 10.3 Å². The molecule has 2 N–H and O–H groups in total. The standard InChI is InChI=1S/C18H12ClN5O2/c19-14-10-20-18-16(15(14)21-12-4-2-1-3-5-12)22-17(23-18)11-6-8-13(9-7-11)24(25)26/h1-10H,(H2,20,21,22,23). The Morgan fingerprint density at radius 2 is 1.81 bits per heavy atom. The normalized spacial score (nSPS) is 10.8. The van der Waals surface area contributed by atoms with Gasteiger partial charge in [0.05, 0.1) is 21.8 Å². The van der Waals surface area contributed by atoms with Gasteiger partial charge in [-0.3, -0.25) is 10.1 Å². The van der Waals surface area contributed by atoms with Crippen LogP contribution in [0.2, 0.25) is 5.02 Å². The predicted octanol–water partition coefficient (Wildman–Crippen LogP) is 4.93. The van der Waals surface area contributed by atoms with Crippen LogP contribution >= 0.6 is 11.6 Å². The molecule has 2 aromatic heterocycles. The molecule has 0 saturated heterocycles. The molecule has 0 unspecified atom stereocenters. The third-order valence-electron chi connectivity index (χ3n) is 3.87. The van der Waals surface area contributed by atoms with Crippen LogP contribution in [0.1, 0.15) is 0 Å². The lowest BCUT2D eigenvalue weighted by molar-refractivity contribution is -0.384. The molecule has 0 aliphatic carbocycles. The zero-order chi connectivity index (χ0) is 18.1. The van der Waals surface area contributed by atoms with Crippen LogP contribution in [0.15, 0.2) is 60.8 Å². The number of pyridine rings is 1. The van der Waals surface area contributed by atoms with Crippen molar-refractivity contribution in [3.8, 4) is 11.4 Å². The lowest BCUT2D eigenvalue weighted by atomic mass is 10.2. The Balaban J connectivity index is 1.77. The van der Waals surface area contributed by atoms with Crippen molar-refractivity contribution in [3.63, 3.8) is 0 Å². The van der Waals surface area contributed by atoms with Gasteiger partial charge in [0.1, 0.15) is 11.3 Å². The number of hydrogen-bond acceptors (Lipinski definition) is 5. The van der Waals surface area contributed by atoms with Crippen LogP contribution in [0.5, 0.6) is 0 Å². The van der Waals surface area contributed by atoms with Crippen molar-refractivity contribution in [2.75, 3.05) is 5.32 Å². The van der Waals surface area contributed by atoms with Crippen molar-refractivity contribution in [2.24, 2.45) is 0 Å². The number of imidazole rings is 1. The average molecular weight is 366 g/mol. The van der Waals surface area contributed by atoms with Crippen LogP contribution < -0.4 is 5.32 Å². The van der Waals surface area contributed by atoms with Crippen molar-refractivity contribution in [1.29, 1.82) is 0 Å². The molecule has 0 atom stereocenters. The Hall–Kier alpha value is -3.45. The first-order valence-corrected chi connectivity index (χ1v) is 8.11. The van der Waals surface area contributed by atoms with Gasteiger partial charge >= 0.3 is 0 Å². The summed E-state index contributed by atoms with van der Waals surface area (Å²) in [6, 6.07) is 15.8. The van der Waals surface area contributed by atoms with E-state index in [-0.39, 0.29) is 5.69 Å². The Labute approximate surface area is 152 Å². The number of fused-ring (bicyclic) bond motifs is 1. The number of nitrogens with one attached hydrogen (secondary N) is 2. The summed E-state index contributed by atoms with van der Waals surface area (Å²) in [5.74, 6) is 0.556. The fourth-order valence-electron chi connectivity index (χ4n) is 2.60. The molecule has 0 radical (unpaired) electrons. The van der Waals surface area contributed by atoms with Crippen LogP contribution in [0, 0.1) is 10.1 Å². The van der Waals surface area contributed by atoms with E-state index in [0.29, 0.717) is 27.7 Å². The van der Waals surface area contributed by atoms with Gasteiger partial charge in [-0.05, 0) is 24.3 Å². The van der Waals surface area contributed by atoms with E-state index in [1.807, 2.05) is 30.3 Å². The molecule has 8 heteroatoms. The number of non-ortho nitro benzene ring substituents is 1. The Morgan fingerprint density at radius 1 is 1.08 bits per heavy atom. The second-order valence-electron chi connectivity index (χ2n) is 5.56. The minimum atomic E-state index is -0.439. The highest BCUT2D eigenvalue weighted by Gasteiger charge is 2.14. The maximum atomic E-state index is 10.8. The number of nitro benzene ring substituents is 1. The van der Waals surface area contributed by atoms with Crippen LogP contribution in [0.3, 0.4) is 0 Å². The maximum Gasteiger partial charge on any atom is 0.269 e. The van der Waals surface area contributed by atoms with Crippen LogP contribution in [-0.4, -0.2) is 19.9 Å². The van der Waals surface area contributed by atoms with E-state index in [0.717, 1.165) is 11.3 Å². The second-order valence-corrected chi connectivity index (χ2v) is 5.97. The van der Waals surface area contributed by atoms with Crippen LogP contribution in [0.25, 0.3) is 22.6 Å². The Morgan fingerprint density at radius 3 is 2.50 bits per heavy atom. The number of rotatable bonds is 4. The summed E-state index contributed by atoms with van der Waals surface area (Å²) in [4.78, 5) is 22.3. The highest BCUT2D eigenvalue weighted by Crippen LogP contribution is 2.32. The quantitative estimate of drug-likeness (QED) is 0.394. The lowest BCUT2D eigenvalue weighted by Gasteiger charge is -2.08. The fourth-order valence-corrected chi connectivity index (χ4v) is 2.79. The van der Waals surface area contributed by atoms with Gasteiger partial charge in [0.25, 0.3) is 5.69 Å². The van der Waals surface area contributed by atoms with Gasteiger partial charge in [-0.15, -0.1) is 0 Å². The number of halogens is 1. The third kappa shape index (κ3) is 2.96. The minimum absolute atomic E-state index is 0.0254. The van der Waals surface area contributed by atoms with E-state index in [1.165, 1.54) is 18.3 Å². The van der Waals surface area contributed by atoms with E-state index in [4.69, 9.17) is 11.6 Å². The molecule has 128 valence electrons. The molecular formula is C18H12ClN5O2. The molecule has 0 bridgehead atoms. The summed E-state index contributed by atoms with van der Waals surface area (Å²) >= 11 is 6.32. The van der Waals surface area contributed by atoms with E-state index in [2.05, 4.69) is 20.3 Å². The molecule has 0 aliphatic heterocycles. The molecule has 0 fully saturated rings. The van der Waals surface area contributed by atoms with Gasteiger partial charge in [-0.25, -0.2) is 9.97 Å². The maximum absolute atomic E-state index is 10.8. The number of anilines is 2. The topological polar surface area (TPSA) is 96.7 Å². The van der Waals surface area contributed by atoms with Gasteiger partial charge in [-0.1, -0.05) is 29.8 Å². The van der Waals surface area contributed by atoms with Crippen molar-refractivity contribution in [3.05, 3.63) is 75.9 Å². The highest BCUT2D eigenvalue weighted by atomic mass is 35.5. The molecule has 0 aliphatic rings. The molecule has 2 heterocycles. The molecule has 26 heavy (non-hydrogen) atoms. The van der Waals surface area contributed by atoms with Crippen molar-refractivity contribution in [2.45, 2.75) is 0 Å². The van der Waals surface area contributed by atoms with Gasteiger partial charge in [0, 0.05) is 23.4 Å². The summed E-state index contributed by atoms with van der Waals surface area (Å²) < 4.78 is 0. The molecular weight excluding hydrogens is 354 g/mol. The van der Waals surface area contributed by atoms with Gasteiger partial charge in [-0.2, -0.15) is 0 Å². The Bertz CT molecular complexity index is 1090. The SMILES string of the molecule is O=[N+]([O-])c1ccc(-c2nc3ncc(Cl)c(Nc4ccccc4)c3[nH]2)cc1. The number of H-pyrrole nitrogens is 1. The Kier molecular flexibility index (Phi) is 3.98. The van der Waals surface area contributed by atoms with Crippen molar-refractivity contribution in [1.82, 2.24) is 15.0 Å². The van der Waals surface area contributed by atoms with Gasteiger partial charge in [0.15, 0.2) is 5.65 Å². The van der Waals surface area contributed by atoms with Crippen molar-refractivity contribution < 1.29 is 4.92 Å². The highest BCUT2D eigenvalue weighted by molar-refractivity contribution is 6.34. The second kappa shape index (κ2) is 6.45. The number of nitro groups is 1. The lowest BCUT2D eigenvalue weighted by Crippen LogP contribution is -1.93. The third-order valence-corrected chi connectivity index (χ3v) is 4.15. The van der Waals surface area contributed by atoms with Crippen LogP contribution in [-0.2, 0) is 0 Å². The number of aromatic amines is 1. The summed E-state index contributed by atoms with van der Waals surface area (Å²) in [6.45, 7) is 0. The minimum Gasteiger partial charge on any atom is -0.352 e. The molecule has 0 saturated carbocycles. The number of aromatic nitrogens is 3. The van der Waals surface area contributed by atoms with E-state index in [1.54, 1.807) is 12.1 Å². The molecule has 4 aromatic rings. The zero-order valence-corrected chi connectivity index (χ0v) is 14.1. The molecule has 0 amide bonds. The smallest absolute Gasteiger partial charge is 0.269 e. The number of para-hydroxylation sites is 1. The largest absolute Gasteiger partial charge is 0.352 e. The zero-order valence-electron chi connectivity index (χ0n) is 13.3. The summed E-state index contributed by atoms with van der Waals surface area (Å²) in [5, 5.41) is 14.5. The molecule has 0 spiro atoms.